The van der Waals surface area contributed by atoms with Gasteiger partial charge in [0, 0.05) is 11.1 Å². The summed E-state index contributed by atoms with van der Waals surface area (Å²) in [7, 11) is 0. The molecule has 4 heteroatoms. The molecule has 0 aliphatic carbocycles. The Morgan fingerprint density at radius 3 is 2.14 bits per heavy atom. The van der Waals surface area contributed by atoms with Crippen molar-refractivity contribution < 1.29 is 14.3 Å². The number of para-hydroxylation sites is 1. The molecule has 3 aromatic carbocycles. The summed E-state index contributed by atoms with van der Waals surface area (Å²) in [5.41, 5.74) is 2.51. The zero-order chi connectivity index (χ0) is 20.0. The van der Waals surface area contributed by atoms with Crippen LogP contribution in [-0.2, 0) is 6.61 Å². The molecule has 0 bridgehead atoms. The second-order valence-electron chi connectivity index (χ2n) is 7.54. The molecule has 0 fully saturated rings. The molecule has 28 heavy (non-hydrogen) atoms. The average Bonchev–Trinajstić information content (AvgIpc) is 2.67. The zero-order valence-corrected chi connectivity index (χ0v) is 16.4. The Balaban J connectivity index is 1.93. The molecule has 0 aliphatic heterocycles. The minimum atomic E-state index is -0.512. The first kappa shape index (κ1) is 19.5. The zero-order valence-electron chi connectivity index (χ0n) is 16.4. The van der Waals surface area contributed by atoms with Crippen LogP contribution in [0.2, 0.25) is 0 Å². The lowest BCUT2D eigenvalue weighted by molar-refractivity contribution is 0.187. The second-order valence-corrected chi connectivity index (χ2v) is 7.54. The average molecular weight is 375 g/mol. The number of carbonyl (C=O) groups is 1. The molecular weight excluding hydrogens is 350 g/mol. The molecule has 0 atom stereocenters. The van der Waals surface area contributed by atoms with Crippen molar-refractivity contribution in [3.8, 4) is 22.6 Å². The minimum Gasteiger partial charge on any atom is -0.484 e. The van der Waals surface area contributed by atoms with E-state index in [0.29, 0.717) is 18.1 Å². The smallest absolute Gasteiger partial charge is 0.413 e. The van der Waals surface area contributed by atoms with E-state index in [1.165, 1.54) is 0 Å². The molecule has 1 N–H and O–H groups in total. The lowest BCUT2D eigenvalue weighted by Crippen LogP contribution is -2.42. The van der Waals surface area contributed by atoms with Crippen molar-refractivity contribution >= 4 is 6.09 Å². The van der Waals surface area contributed by atoms with E-state index in [4.69, 9.17) is 9.47 Å². The monoisotopic (exact) mass is 375 g/mol. The molecule has 144 valence electrons. The van der Waals surface area contributed by atoms with Crippen LogP contribution in [-0.4, -0.2) is 11.6 Å². The Morgan fingerprint density at radius 1 is 0.857 bits per heavy atom. The molecule has 0 saturated heterocycles. The maximum absolute atomic E-state index is 12.3. The van der Waals surface area contributed by atoms with Crippen LogP contribution in [0.4, 0.5) is 4.79 Å². The summed E-state index contributed by atoms with van der Waals surface area (Å²) in [5, 5.41) is 2.81. The Bertz CT molecular complexity index is 916. The van der Waals surface area contributed by atoms with E-state index in [1.54, 1.807) is 6.07 Å². The number of benzene rings is 3. The summed E-state index contributed by atoms with van der Waals surface area (Å²) in [6, 6.07) is 25.4. The molecule has 3 rings (SSSR count). The fourth-order valence-electron chi connectivity index (χ4n) is 2.75. The topological polar surface area (TPSA) is 47.6 Å². The van der Waals surface area contributed by atoms with E-state index >= 15 is 0 Å². The van der Waals surface area contributed by atoms with E-state index in [-0.39, 0.29) is 5.54 Å². The highest BCUT2D eigenvalue weighted by Gasteiger charge is 2.19. The molecule has 3 aromatic rings. The van der Waals surface area contributed by atoms with Gasteiger partial charge in [-0.2, -0.15) is 0 Å². The van der Waals surface area contributed by atoms with Crippen LogP contribution in [0, 0.1) is 0 Å². The van der Waals surface area contributed by atoms with Crippen LogP contribution in [0.15, 0.2) is 78.9 Å². The number of nitrogens with one attached hydrogen (secondary N) is 1. The number of hydrogen-bond acceptors (Lipinski definition) is 3. The molecule has 4 nitrogen and oxygen atoms in total. The predicted octanol–water partition coefficient (Wildman–Crippen LogP) is 5.82. The Morgan fingerprint density at radius 2 is 1.50 bits per heavy atom. The molecule has 0 saturated carbocycles. The lowest BCUT2D eigenvalue weighted by Gasteiger charge is -2.21. The van der Waals surface area contributed by atoms with Gasteiger partial charge in [-0.3, -0.25) is 0 Å². The third-order valence-electron chi connectivity index (χ3n) is 3.97. The summed E-state index contributed by atoms with van der Waals surface area (Å²) in [5.74, 6) is 0.931. The highest BCUT2D eigenvalue weighted by atomic mass is 16.6. The van der Waals surface area contributed by atoms with Crippen LogP contribution < -0.4 is 14.8 Å². The van der Waals surface area contributed by atoms with Gasteiger partial charge in [-0.1, -0.05) is 72.8 Å². The van der Waals surface area contributed by atoms with Crippen molar-refractivity contribution in [3.63, 3.8) is 0 Å². The predicted molar refractivity (Wildman–Crippen MR) is 112 cm³/mol. The van der Waals surface area contributed by atoms with Crippen molar-refractivity contribution in [2.45, 2.75) is 32.9 Å². The van der Waals surface area contributed by atoms with E-state index in [2.05, 4.69) is 5.32 Å². The van der Waals surface area contributed by atoms with Crippen molar-refractivity contribution in [2.75, 3.05) is 0 Å². The molecule has 0 aliphatic rings. The summed E-state index contributed by atoms with van der Waals surface area (Å²) in [6.45, 7) is 6.09. The fourth-order valence-corrected chi connectivity index (χ4v) is 2.75. The van der Waals surface area contributed by atoms with Crippen molar-refractivity contribution in [3.05, 3.63) is 84.4 Å². The normalized spacial score (nSPS) is 11.0. The summed E-state index contributed by atoms with van der Waals surface area (Å²) >= 11 is 0. The van der Waals surface area contributed by atoms with Crippen LogP contribution in [0.5, 0.6) is 11.5 Å². The highest BCUT2D eigenvalue weighted by molar-refractivity contribution is 5.77. The fraction of sp³-hybridized carbons (Fsp3) is 0.208. The quantitative estimate of drug-likeness (QED) is 0.611. The first-order valence-corrected chi connectivity index (χ1v) is 9.27. The van der Waals surface area contributed by atoms with Crippen molar-refractivity contribution in [2.24, 2.45) is 0 Å². The lowest BCUT2D eigenvalue weighted by atomic mass is 10.0. The van der Waals surface area contributed by atoms with Crippen molar-refractivity contribution in [1.29, 1.82) is 0 Å². The molecule has 0 spiro atoms. The molecule has 0 radical (unpaired) electrons. The highest BCUT2D eigenvalue weighted by Crippen LogP contribution is 2.38. The van der Waals surface area contributed by atoms with E-state index < -0.39 is 6.09 Å². The van der Waals surface area contributed by atoms with Gasteiger partial charge in [-0.05, 0) is 38.0 Å². The number of ether oxygens (including phenoxy) is 2. The summed E-state index contributed by atoms with van der Waals surface area (Å²) < 4.78 is 11.7. The van der Waals surface area contributed by atoms with Gasteiger partial charge >= 0.3 is 6.09 Å². The number of carbonyl (C=O) groups excluding carboxylic acids is 1. The molecular formula is C24H25NO3. The third kappa shape index (κ3) is 5.36. The molecule has 0 heterocycles. The first-order chi connectivity index (χ1) is 13.4. The summed E-state index contributed by atoms with van der Waals surface area (Å²) in [6.07, 6.45) is -0.512. The Kier molecular flexibility index (Phi) is 5.99. The minimum absolute atomic E-state index is 0.377. The van der Waals surface area contributed by atoms with E-state index in [1.807, 2.05) is 93.6 Å². The Hall–Kier alpha value is -3.27. The molecule has 1 amide bonds. The van der Waals surface area contributed by atoms with Gasteiger partial charge in [0.25, 0.3) is 0 Å². The van der Waals surface area contributed by atoms with Gasteiger partial charge in [0.15, 0.2) is 11.5 Å². The van der Waals surface area contributed by atoms with Crippen LogP contribution >= 0.6 is 0 Å². The standard InChI is InChI=1S/C24H25NO3/c1-24(2,3)25-23(26)28-21-16-10-15-20(19-13-8-5-9-14-19)22(21)27-17-18-11-6-4-7-12-18/h4-16H,17H2,1-3H3,(H,25,26). The maximum atomic E-state index is 12.3. The van der Waals surface area contributed by atoms with Gasteiger partial charge in [-0.25, -0.2) is 4.79 Å². The van der Waals surface area contributed by atoms with Crippen LogP contribution in [0.25, 0.3) is 11.1 Å². The van der Waals surface area contributed by atoms with Crippen LogP contribution in [0.1, 0.15) is 26.3 Å². The summed E-state index contributed by atoms with van der Waals surface area (Å²) in [4.78, 5) is 12.3. The van der Waals surface area contributed by atoms with Gasteiger partial charge in [0.2, 0.25) is 0 Å². The first-order valence-electron chi connectivity index (χ1n) is 9.27. The van der Waals surface area contributed by atoms with E-state index in [9.17, 15) is 4.79 Å². The van der Waals surface area contributed by atoms with Crippen molar-refractivity contribution in [1.82, 2.24) is 5.32 Å². The third-order valence-corrected chi connectivity index (χ3v) is 3.97. The SMILES string of the molecule is CC(C)(C)NC(=O)Oc1cccc(-c2ccccc2)c1OCc1ccccc1. The van der Waals surface area contributed by atoms with E-state index in [0.717, 1.165) is 16.7 Å². The second kappa shape index (κ2) is 8.61. The number of amides is 1. The van der Waals surface area contributed by atoms with Crippen LogP contribution in [0.3, 0.4) is 0 Å². The number of hydrogen-bond donors (Lipinski definition) is 1. The van der Waals surface area contributed by atoms with Gasteiger partial charge in [-0.15, -0.1) is 0 Å². The molecule has 0 aromatic heterocycles. The number of rotatable bonds is 5. The Labute approximate surface area is 166 Å². The van der Waals surface area contributed by atoms with Gasteiger partial charge in [0.05, 0.1) is 0 Å². The van der Waals surface area contributed by atoms with Gasteiger partial charge < -0.3 is 14.8 Å². The molecule has 0 unspecified atom stereocenters. The largest absolute Gasteiger partial charge is 0.484 e. The maximum Gasteiger partial charge on any atom is 0.413 e. The van der Waals surface area contributed by atoms with Gasteiger partial charge in [0.1, 0.15) is 6.61 Å².